The summed E-state index contributed by atoms with van der Waals surface area (Å²) in [6.45, 7) is 21.2. The lowest BCUT2D eigenvalue weighted by molar-refractivity contribution is -0.158. The smallest absolute Gasteiger partial charge is 0.0774 e. The second kappa shape index (κ2) is 13.0. The van der Waals surface area contributed by atoms with Gasteiger partial charge in [0.05, 0.1) is 16.1 Å². The SMILES string of the molecule is C[Si](C)(C)c1cc(CP(C2CCCNC2)C2CCCNC2)c(C(P)(C23CC4CC(CC(C4)C2)C3)C23CC4CC(CC(C4)C2)C3)cc1[Si](C)(C)C. The first-order chi connectivity index (χ1) is 23.8. The third-order valence-electron chi connectivity index (χ3n) is 16.9. The molecule has 8 bridgehead atoms. The minimum atomic E-state index is -1.59. The molecule has 10 fully saturated rings. The van der Waals surface area contributed by atoms with Crippen molar-refractivity contribution in [2.75, 3.05) is 26.2 Å². The molecule has 2 nitrogen and oxygen atoms in total. The van der Waals surface area contributed by atoms with E-state index in [1.54, 1.807) is 77.0 Å². The van der Waals surface area contributed by atoms with Crippen LogP contribution in [0.1, 0.15) is 114 Å². The largest absolute Gasteiger partial charge is 0.316 e. The van der Waals surface area contributed by atoms with Crippen LogP contribution >= 0.6 is 17.2 Å². The maximum atomic E-state index is 4.04. The van der Waals surface area contributed by atoms with E-state index in [9.17, 15) is 0 Å². The number of hydrogen-bond donors (Lipinski definition) is 2. The Morgan fingerprint density at radius 2 is 1.02 bits per heavy atom. The molecule has 1 aromatic carbocycles. The first-order valence-electron chi connectivity index (χ1n) is 21.9. The van der Waals surface area contributed by atoms with Crippen LogP contribution in [0.3, 0.4) is 0 Å². The Balaban J connectivity index is 1.27. The fourth-order valence-corrected chi connectivity index (χ4v) is 25.4. The van der Waals surface area contributed by atoms with E-state index in [1.165, 1.54) is 58.0 Å². The summed E-state index contributed by atoms with van der Waals surface area (Å²) in [7, 11) is 0.792. The van der Waals surface area contributed by atoms with Gasteiger partial charge in [-0.15, -0.1) is 9.24 Å². The van der Waals surface area contributed by atoms with Gasteiger partial charge in [-0.1, -0.05) is 69.7 Å². The Morgan fingerprint density at radius 1 is 0.640 bits per heavy atom. The molecule has 0 radical (unpaired) electrons. The summed E-state index contributed by atoms with van der Waals surface area (Å²) in [6, 6.07) is 6.09. The summed E-state index contributed by atoms with van der Waals surface area (Å²) < 4.78 is 0. The first-order valence-corrected chi connectivity index (χ1v) is 31.1. The number of hydrogen-bond acceptors (Lipinski definition) is 2. The van der Waals surface area contributed by atoms with E-state index in [0.29, 0.717) is 10.8 Å². The van der Waals surface area contributed by atoms with Crippen LogP contribution in [0.25, 0.3) is 0 Å². The molecular weight excluding hydrogens is 675 g/mol. The summed E-state index contributed by atoms with van der Waals surface area (Å²) >= 11 is 0. The lowest BCUT2D eigenvalue weighted by atomic mass is 9.37. The molecule has 0 amide bonds. The molecule has 2 aliphatic heterocycles. The minimum Gasteiger partial charge on any atom is -0.316 e. The summed E-state index contributed by atoms with van der Waals surface area (Å²) in [4.78, 5) is 0. The van der Waals surface area contributed by atoms with Crippen molar-refractivity contribution < 1.29 is 0 Å². The molecule has 8 aliphatic carbocycles. The molecule has 50 heavy (non-hydrogen) atoms. The van der Waals surface area contributed by atoms with Crippen LogP contribution in [-0.2, 0) is 11.3 Å². The number of benzene rings is 1. The molecule has 1 aromatic rings. The van der Waals surface area contributed by atoms with Gasteiger partial charge in [0, 0.05) is 18.2 Å². The van der Waals surface area contributed by atoms with Crippen LogP contribution in [0.5, 0.6) is 0 Å². The van der Waals surface area contributed by atoms with Gasteiger partial charge in [0.25, 0.3) is 0 Å². The third-order valence-corrected chi connectivity index (χ3v) is 26.2. The molecule has 6 heteroatoms. The highest BCUT2D eigenvalue weighted by Gasteiger charge is 2.69. The highest BCUT2D eigenvalue weighted by Crippen LogP contribution is 2.78. The van der Waals surface area contributed by atoms with Gasteiger partial charge in [-0.05, 0) is 191 Å². The van der Waals surface area contributed by atoms with Crippen molar-refractivity contribution in [1.29, 1.82) is 0 Å². The van der Waals surface area contributed by atoms with Crippen molar-refractivity contribution in [3.8, 4) is 0 Å². The zero-order valence-corrected chi connectivity index (χ0v) is 37.2. The summed E-state index contributed by atoms with van der Waals surface area (Å²) in [5.41, 5.74) is 6.61. The third kappa shape index (κ3) is 6.03. The van der Waals surface area contributed by atoms with Gasteiger partial charge in [-0.25, -0.2) is 0 Å². The van der Waals surface area contributed by atoms with E-state index in [1.807, 2.05) is 21.5 Å². The second-order valence-electron chi connectivity index (χ2n) is 22.4. The molecule has 2 N–H and O–H groups in total. The van der Waals surface area contributed by atoms with Gasteiger partial charge in [-0.2, -0.15) is 0 Å². The van der Waals surface area contributed by atoms with Crippen molar-refractivity contribution in [3.05, 3.63) is 23.3 Å². The van der Waals surface area contributed by atoms with Crippen LogP contribution < -0.4 is 21.0 Å². The highest BCUT2D eigenvalue weighted by atomic mass is 31.1. The van der Waals surface area contributed by atoms with E-state index >= 15 is 0 Å². The predicted molar refractivity (Wildman–Crippen MR) is 227 cm³/mol. The highest BCUT2D eigenvalue weighted by molar-refractivity contribution is 7.58. The van der Waals surface area contributed by atoms with Crippen molar-refractivity contribution in [1.82, 2.24) is 10.6 Å². The monoisotopic (exact) mass is 748 g/mol. The lowest BCUT2D eigenvalue weighted by Gasteiger charge is -2.72. The molecule has 0 spiro atoms. The Morgan fingerprint density at radius 3 is 1.36 bits per heavy atom. The summed E-state index contributed by atoms with van der Waals surface area (Å²) in [5.74, 6) is 6.06. The van der Waals surface area contributed by atoms with E-state index in [-0.39, 0.29) is 13.1 Å². The van der Waals surface area contributed by atoms with E-state index in [4.69, 9.17) is 0 Å². The van der Waals surface area contributed by atoms with Crippen molar-refractivity contribution in [3.63, 3.8) is 0 Å². The normalized spacial score (nSPS) is 42.9. The second-order valence-corrected chi connectivity index (χ2v) is 36.2. The standard InChI is InChI=1S/C44H74N2P2Si2/c1-49(2,3)40-19-36(29-48(37-9-7-11-45-27-37)38-10-8-12-46-28-38)39(20-41(40)50(4,5)6)44(47,42-21-30-13-31(22-42)15-32(14-30)23-42)43-24-33-16-34(25-43)18-35(17-33)26-43/h19-20,30-35,37-38,45-46H,7-18,21-29,47H2,1-6H3. The van der Waals surface area contributed by atoms with Crippen LogP contribution in [0.4, 0.5) is 0 Å². The molecule has 0 aromatic heterocycles. The van der Waals surface area contributed by atoms with Crippen molar-refractivity contribution in [2.24, 2.45) is 46.3 Å². The maximum absolute atomic E-state index is 4.04. The van der Waals surface area contributed by atoms with Gasteiger partial charge in [0.15, 0.2) is 0 Å². The van der Waals surface area contributed by atoms with E-state index < -0.39 is 16.1 Å². The Kier molecular flexibility index (Phi) is 9.39. The fourth-order valence-electron chi connectivity index (χ4n) is 15.7. The van der Waals surface area contributed by atoms with Gasteiger partial charge in [0.2, 0.25) is 0 Å². The molecule has 10 aliphatic rings. The average Bonchev–Trinajstić information content (AvgIpc) is 3.05. The van der Waals surface area contributed by atoms with Crippen LogP contribution in [0, 0.1) is 46.3 Å². The van der Waals surface area contributed by atoms with Gasteiger partial charge in [-0.3, -0.25) is 0 Å². The maximum Gasteiger partial charge on any atom is 0.0774 e. The Labute approximate surface area is 313 Å². The van der Waals surface area contributed by atoms with Crippen LogP contribution in [-0.4, -0.2) is 53.6 Å². The molecule has 3 unspecified atom stereocenters. The molecule has 3 atom stereocenters. The predicted octanol–water partition coefficient (Wildman–Crippen LogP) is 9.77. The Hall–Kier alpha value is 0.434. The average molecular weight is 749 g/mol. The number of piperidine rings is 2. The minimum absolute atomic E-state index is 0.0964. The number of nitrogens with one attached hydrogen (secondary N) is 2. The van der Waals surface area contributed by atoms with Crippen LogP contribution in [0.15, 0.2) is 12.1 Å². The van der Waals surface area contributed by atoms with Gasteiger partial charge < -0.3 is 10.6 Å². The topological polar surface area (TPSA) is 24.1 Å². The van der Waals surface area contributed by atoms with Crippen molar-refractivity contribution >= 4 is 43.7 Å². The molecule has 11 rings (SSSR count). The molecule has 278 valence electrons. The van der Waals surface area contributed by atoms with E-state index in [0.717, 1.165) is 46.8 Å². The molecular formula is C44H74N2P2Si2. The Bertz CT molecular complexity index is 1300. The first kappa shape index (κ1) is 36.1. The summed E-state index contributed by atoms with van der Waals surface area (Å²) in [5, 5.41) is 11.8. The number of rotatable bonds is 9. The summed E-state index contributed by atoms with van der Waals surface area (Å²) in [6.07, 6.45) is 25.8. The molecule has 2 heterocycles. The van der Waals surface area contributed by atoms with E-state index in [2.05, 4.69) is 71.3 Å². The quantitative estimate of drug-likeness (QED) is 0.194. The molecule has 8 saturated carbocycles. The zero-order chi connectivity index (χ0) is 34.7. The van der Waals surface area contributed by atoms with Crippen LogP contribution in [0.2, 0.25) is 39.3 Å². The van der Waals surface area contributed by atoms with Crippen molar-refractivity contribution in [2.45, 2.75) is 165 Å². The van der Waals surface area contributed by atoms with Gasteiger partial charge >= 0.3 is 0 Å². The van der Waals surface area contributed by atoms with Gasteiger partial charge in [0.1, 0.15) is 0 Å². The molecule has 2 saturated heterocycles. The zero-order valence-electron chi connectivity index (χ0n) is 33.1. The lowest BCUT2D eigenvalue weighted by Crippen LogP contribution is -2.65. The fraction of sp³-hybridized carbons (Fsp3) is 0.864.